The number of fused-ring (bicyclic) bond motifs is 2. The summed E-state index contributed by atoms with van der Waals surface area (Å²) in [4.78, 5) is 14.8. The molecule has 0 saturated carbocycles. The van der Waals surface area contributed by atoms with Gasteiger partial charge >= 0.3 is 0 Å². The number of likely N-dealkylation sites (tertiary alicyclic amines) is 1. The number of benzene rings is 2. The quantitative estimate of drug-likeness (QED) is 0.236. The van der Waals surface area contributed by atoms with E-state index >= 15 is 0 Å². The fourth-order valence-electron chi connectivity index (χ4n) is 5.57. The lowest BCUT2D eigenvalue weighted by molar-refractivity contribution is 0.345. The van der Waals surface area contributed by atoms with E-state index in [1.807, 2.05) is 17.5 Å². The third-order valence-corrected chi connectivity index (χ3v) is 11.0. The number of ether oxygens (including phenoxy) is 1. The number of nitrogens with one attached hydrogen (secondary N) is 2. The summed E-state index contributed by atoms with van der Waals surface area (Å²) in [5.41, 5.74) is 4.56. The van der Waals surface area contributed by atoms with Crippen LogP contribution in [0.5, 0.6) is 5.75 Å². The number of para-hydroxylation sites is 1. The van der Waals surface area contributed by atoms with E-state index in [1.54, 1.807) is 39.2 Å². The van der Waals surface area contributed by atoms with Crippen LogP contribution >= 0.6 is 11.3 Å². The molecule has 0 amide bonds. The van der Waals surface area contributed by atoms with E-state index in [2.05, 4.69) is 32.6 Å². The summed E-state index contributed by atoms with van der Waals surface area (Å²) in [7, 11) is -1.82. The molecular formula is C30H36N6O3S2. The highest BCUT2D eigenvalue weighted by Crippen LogP contribution is 2.39. The normalized spacial score (nSPS) is 15.6. The topological polar surface area (TPSA) is 99.7 Å². The Morgan fingerprint density at radius 2 is 1.80 bits per heavy atom. The molecule has 2 aliphatic rings. The second-order valence-electron chi connectivity index (χ2n) is 10.8. The van der Waals surface area contributed by atoms with Gasteiger partial charge in [-0.25, -0.2) is 13.4 Å². The van der Waals surface area contributed by atoms with E-state index in [9.17, 15) is 8.42 Å². The van der Waals surface area contributed by atoms with Crippen molar-refractivity contribution in [1.82, 2.24) is 14.9 Å². The van der Waals surface area contributed by atoms with Crippen molar-refractivity contribution in [3.63, 3.8) is 0 Å². The summed E-state index contributed by atoms with van der Waals surface area (Å²) < 4.78 is 32.8. The number of nitrogens with zero attached hydrogens (tertiary/aromatic N) is 4. The van der Waals surface area contributed by atoms with Crippen molar-refractivity contribution >= 4 is 60.2 Å². The van der Waals surface area contributed by atoms with Gasteiger partial charge in [-0.15, -0.1) is 11.3 Å². The van der Waals surface area contributed by atoms with Crippen LogP contribution in [0.2, 0.25) is 0 Å². The molecule has 9 nitrogen and oxygen atoms in total. The highest BCUT2D eigenvalue weighted by Gasteiger charge is 2.25. The Morgan fingerprint density at radius 1 is 1.00 bits per heavy atom. The minimum atomic E-state index is -3.50. The van der Waals surface area contributed by atoms with Gasteiger partial charge in [-0.2, -0.15) is 4.98 Å². The first kappa shape index (κ1) is 27.7. The first-order chi connectivity index (χ1) is 19.8. The molecule has 0 spiro atoms. The standard InChI is InChI=1S/C30H36N6O3S2/c1-20(2)41(37,38)27-9-5-4-8-22(27)31-29-28-23(11-17-40-28)32-30(34-29)33-24-19-25-21(18-26(24)39-3)10-14-36(25)16-15-35-12-6-7-13-35/h4-5,8-9,11,17-20H,6-7,10,12-16H2,1-3H3,(H2,31,32,33,34). The van der Waals surface area contributed by atoms with E-state index in [0.29, 0.717) is 17.5 Å². The third-order valence-electron chi connectivity index (χ3n) is 7.89. The Labute approximate surface area is 245 Å². The molecule has 2 N–H and O–H groups in total. The average Bonchev–Trinajstić information content (AvgIpc) is 3.73. The minimum absolute atomic E-state index is 0.252. The molecule has 4 heterocycles. The van der Waals surface area contributed by atoms with Crippen LogP contribution in [0.1, 0.15) is 32.3 Å². The van der Waals surface area contributed by atoms with E-state index < -0.39 is 15.1 Å². The number of rotatable bonds is 10. The van der Waals surface area contributed by atoms with Crippen LogP contribution in [-0.2, 0) is 16.3 Å². The van der Waals surface area contributed by atoms with E-state index in [0.717, 1.165) is 47.7 Å². The van der Waals surface area contributed by atoms with Gasteiger partial charge in [0.15, 0.2) is 15.7 Å². The number of anilines is 5. The van der Waals surface area contributed by atoms with E-state index in [4.69, 9.17) is 14.7 Å². The molecule has 6 rings (SSSR count). The minimum Gasteiger partial charge on any atom is -0.495 e. The van der Waals surface area contributed by atoms with Crippen LogP contribution in [0.3, 0.4) is 0 Å². The molecule has 4 aromatic rings. The molecule has 11 heteroatoms. The maximum absolute atomic E-state index is 13.1. The van der Waals surface area contributed by atoms with Crippen molar-refractivity contribution in [3.8, 4) is 5.75 Å². The molecule has 2 aromatic carbocycles. The Bertz CT molecular complexity index is 1660. The molecule has 1 fully saturated rings. The zero-order valence-corrected chi connectivity index (χ0v) is 25.3. The van der Waals surface area contributed by atoms with Gasteiger partial charge in [0.2, 0.25) is 5.95 Å². The van der Waals surface area contributed by atoms with Gasteiger partial charge in [0, 0.05) is 25.3 Å². The predicted octanol–water partition coefficient (Wildman–Crippen LogP) is 5.83. The Hall–Kier alpha value is -3.41. The third kappa shape index (κ3) is 5.58. The maximum Gasteiger partial charge on any atom is 0.229 e. The lowest BCUT2D eigenvalue weighted by atomic mass is 10.1. The van der Waals surface area contributed by atoms with Gasteiger partial charge in [-0.3, -0.25) is 0 Å². The summed E-state index contributed by atoms with van der Waals surface area (Å²) in [6.45, 7) is 8.85. The molecule has 0 bridgehead atoms. The first-order valence-electron chi connectivity index (χ1n) is 14.1. The fraction of sp³-hybridized carbons (Fsp3) is 0.400. The summed E-state index contributed by atoms with van der Waals surface area (Å²) in [6.07, 6.45) is 3.59. The zero-order valence-electron chi connectivity index (χ0n) is 23.7. The number of hydrogen-bond donors (Lipinski definition) is 2. The molecule has 2 aromatic heterocycles. The summed E-state index contributed by atoms with van der Waals surface area (Å²) in [6, 6.07) is 13.2. The van der Waals surface area contributed by atoms with Crippen LogP contribution in [-0.4, -0.2) is 68.4 Å². The lowest BCUT2D eigenvalue weighted by Gasteiger charge is -2.24. The second kappa shape index (κ2) is 11.5. The molecule has 216 valence electrons. The van der Waals surface area contributed by atoms with Gasteiger partial charge < -0.3 is 25.2 Å². The van der Waals surface area contributed by atoms with Crippen molar-refractivity contribution in [2.24, 2.45) is 0 Å². The SMILES string of the molecule is COc1cc2c(cc1Nc1nc(Nc3ccccc3S(=O)(=O)C(C)C)c3sccc3n1)N(CCN1CCCC1)CC2. The molecular weight excluding hydrogens is 557 g/mol. The fourth-order valence-corrected chi connectivity index (χ4v) is 7.55. The van der Waals surface area contributed by atoms with Crippen LogP contribution in [0, 0.1) is 0 Å². The Kier molecular flexibility index (Phi) is 7.76. The molecule has 0 unspecified atom stereocenters. The predicted molar refractivity (Wildman–Crippen MR) is 167 cm³/mol. The van der Waals surface area contributed by atoms with Gasteiger partial charge in [-0.05, 0) is 87.5 Å². The number of thiophene rings is 1. The van der Waals surface area contributed by atoms with Crippen LogP contribution < -0.4 is 20.3 Å². The van der Waals surface area contributed by atoms with Crippen molar-refractivity contribution in [2.75, 3.05) is 55.4 Å². The summed E-state index contributed by atoms with van der Waals surface area (Å²) in [5, 5.41) is 8.12. The smallest absolute Gasteiger partial charge is 0.229 e. The second-order valence-corrected chi connectivity index (χ2v) is 14.2. The van der Waals surface area contributed by atoms with Crippen molar-refractivity contribution in [3.05, 3.63) is 53.4 Å². The van der Waals surface area contributed by atoms with Gasteiger partial charge in [-0.1, -0.05) is 12.1 Å². The number of hydrogen-bond acceptors (Lipinski definition) is 10. The lowest BCUT2D eigenvalue weighted by Crippen LogP contribution is -2.32. The van der Waals surface area contributed by atoms with Crippen LogP contribution in [0.4, 0.5) is 28.8 Å². The number of sulfone groups is 1. The van der Waals surface area contributed by atoms with Crippen LogP contribution in [0.15, 0.2) is 52.7 Å². The summed E-state index contributed by atoms with van der Waals surface area (Å²) >= 11 is 1.51. The van der Waals surface area contributed by atoms with Gasteiger partial charge in [0.1, 0.15) is 5.75 Å². The molecule has 2 aliphatic heterocycles. The summed E-state index contributed by atoms with van der Waals surface area (Å²) in [5.74, 6) is 1.69. The van der Waals surface area contributed by atoms with E-state index in [1.165, 1.54) is 48.5 Å². The van der Waals surface area contributed by atoms with E-state index in [-0.39, 0.29) is 4.90 Å². The Balaban J connectivity index is 1.31. The largest absolute Gasteiger partial charge is 0.495 e. The van der Waals surface area contributed by atoms with Crippen molar-refractivity contribution < 1.29 is 13.2 Å². The first-order valence-corrected chi connectivity index (χ1v) is 16.6. The highest BCUT2D eigenvalue weighted by atomic mass is 32.2. The Morgan fingerprint density at radius 3 is 2.59 bits per heavy atom. The van der Waals surface area contributed by atoms with Gasteiger partial charge in [0.25, 0.3) is 0 Å². The number of aromatic nitrogens is 2. The molecule has 0 atom stereocenters. The molecule has 0 radical (unpaired) electrons. The zero-order chi connectivity index (χ0) is 28.6. The van der Waals surface area contributed by atoms with Crippen molar-refractivity contribution in [1.29, 1.82) is 0 Å². The molecule has 41 heavy (non-hydrogen) atoms. The van der Waals surface area contributed by atoms with Crippen LogP contribution in [0.25, 0.3) is 10.2 Å². The average molecular weight is 593 g/mol. The number of methoxy groups -OCH3 is 1. The van der Waals surface area contributed by atoms with Gasteiger partial charge in [0.05, 0.1) is 38.8 Å². The van der Waals surface area contributed by atoms with Crippen molar-refractivity contribution in [2.45, 2.75) is 43.3 Å². The molecule has 0 aliphatic carbocycles. The monoisotopic (exact) mass is 592 g/mol. The maximum atomic E-state index is 13.1. The highest BCUT2D eigenvalue weighted by molar-refractivity contribution is 7.92. The molecule has 1 saturated heterocycles.